The molecule has 1 atom stereocenters. The highest BCUT2D eigenvalue weighted by atomic mass is 16.5. The molecular weight excluding hydrogens is 488 g/mol. The number of piperazine rings is 1. The highest BCUT2D eigenvalue weighted by Crippen LogP contribution is 2.32. The van der Waals surface area contributed by atoms with Crippen molar-refractivity contribution in [2.45, 2.75) is 19.9 Å². The monoisotopic (exact) mass is 514 g/mol. The third-order valence-electron chi connectivity index (χ3n) is 6.68. The van der Waals surface area contributed by atoms with Crippen LogP contribution in [-0.2, 0) is 4.79 Å². The molecule has 5 rings (SSSR count). The van der Waals surface area contributed by atoms with Crippen molar-refractivity contribution in [3.05, 3.63) is 71.8 Å². The summed E-state index contributed by atoms with van der Waals surface area (Å²) in [5.74, 6) is -1.01. The van der Waals surface area contributed by atoms with Crippen LogP contribution in [0.25, 0.3) is 16.7 Å². The third-order valence-corrected chi connectivity index (χ3v) is 6.68. The Morgan fingerprint density at radius 1 is 1.08 bits per heavy atom. The molecular formula is C27H26N6O5. The van der Waals surface area contributed by atoms with Gasteiger partial charge >= 0.3 is 0 Å². The molecule has 0 aliphatic carbocycles. The summed E-state index contributed by atoms with van der Waals surface area (Å²) < 4.78 is 6.87. The molecule has 3 aromatic heterocycles. The molecule has 1 aliphatic heterocycles. The number of hydrogen-bond acceptors (Lipinski definition) is 7. The Hall–Kier alpha value is -4.80. The number of nitrogens with zero attached hydrogens (tertiary/aromatic N) is 5. The largest absolute Gasteiger partial charge is 0.494 e. The Morgan fingerprint density at radius 2 is 1.84 bits per heavy atom. The van der Waals surface area contributed by atoms with Gasteiger partial charge in [0, 0.05) is 50.6 Å². The Kier molecular flexibility index (Phi) is 6.50. The summed E-state index contributed by atoms with van der Waals surface area (Å²) in [7, 11) is 1.45. The molecule has 1 saturated heterocycles. The Morgan fingerprint density at radius 3 is 2.50 bits per heavy atom. The maximum atomic E-state index is 13.4. The summed E-state index contributed by atoms with van der Waals surface area (Å²) >= 11 is 0. The van der Waals surface area contributed by atoms with Crippen LogP contribution in [0, 0.1) is 0 Å². The molecule has 1 aliphatic rings. The van der Waals surface area contributed by atoms with Crippen molar-refractivity contribution in [2.24, 2.45) is 0 Å². The minimum atomic E-state index is -0.702. The van der Waals surface area contributed by atoms with Crippen LogP contribution in [0.1, 0.15) is 45.1 Å². The molecule has 0 saturated carbocycles. The van der Waals surface area contributed by atoms with Crippen LogP contribution in [0.3, 0.4) is 0 Å². The fourth-order valence-electron chi connectivity index (χ4n) is 4.69. The van der Waals surface area contributed by atoms with Gasteiger partial charge in [-0.2, -0.15) is 5.10 Å². The van der Waals surface area contributed by atoms with Gasteiger partial charge in [0.1, 0.15) is 11.4 Å². The Bertz CT molecular complexity index is 1560. The van der Waals surface area contributed by atoms with Crippen molar-refractivity contribution in [3.8, 4) is 11.6 Å². The van der Waals surface area contributed by atoms with Gasteiger partial charge in [-0.1, -0.05) is 18.2 Å². The summed E-state index contributed by atoms with van der Waals surface area (Å²) in [6.45, 7) is 4.06. The lowest BCUT2D eigenvalue weighted by Crippen LogP contribution is -2.56. The van der Waals surface area contributed by atoms with E-state index in [0.29, 0.717) is 34.6 Å². The number of carbonyl (C=O) groups excluding carboxylic acids is 4. The van der Waals surface area contributed by atoms with Gasteiger partial charge in [-0.05, 0) is 25.1 Å². The van der Waals surface area contributed by atoms with E-state index >= 15 is 0 Å². The van der Waals surface area contributed by atoms with Crippen molar-refractivity contribution in [1.82, 2.24) is 29.5 Å². The van der Waals surface area contributed by atoms with Crippen LogP contribution in [0.5, 0.6) is 5.75 Å². The lowest BCUT2D eigenvalue weighted by Gasteiger charge is -2.39. The van der Waals surface area contributed by atoms with Crippen LogP contribution < -0.4 is 4.74 Å². The van der Waals surface area contributed by atoms with Crippen molar-refractivity contribution in [1.29, 1.82) is 0 Å². The van der Waals surface area contributed by atoms with Gasteiger partial charge in [0.05, 0.1) is 29.8 Å². The fraction of sp³-hybridized carbons (Fsp3) is 0.259. The first-order chi connectivity index (χ1) is 18.3. The summed E-state index contributed by atoms with van der Waals surface area (Å²) in [5.41, 5.74) is 1.43. The van der Waals surface area contributed by atoms with E-state index in [1.165, 1.54) is 36.0 Å². The van der Waals surface area contributed by atoms with Crippen LogP contribution in [-0.4, -0.2) is 85.7 Å². The number of aromatic nitrogens is 4. The van der Waals surface area contributed by atoms with Gasteiger partial charge < -0.3 is 19.5 Å². The zero-order chi connectivity index (χ0) is 27.0. The minimum absolute atomic E-state index is 0.107. The first kappa shape index (κ1) is 24.9. The molecule has 0 bridgehead atoms. The van der Waals surface area contributed by atoms with E-state index in [1.807, 2.05) is 13.0 Å². The van der Waals surface area contributed by atoms with E-state index in [1.54, 1.807) is 41.4 Å². The van der Waals surface area contributed by atoms with E-state index in [2.05, 4.69) is 15.1 Å². The number of aromatic amines is 1. The van der Waals surface area contributed by atoms with Crippen LogP contribution in [0.2, 0.25) is 0 Å². The molecule has 2 amide bonds. The first-order valence-electron chi connectivity index (χ1n) is 12.1. The molecule has 1 aromatic carbocycles. The number of ketones is 2. The number of fused-ring (bicyclic) bond motifs is 1. The molecule has 11 heteroatoms. The second-order valence-electron chi connectivity index (χ2n) is 9.10. The molecule has 38 heavy (non-hydrogen) atoms. The quantitative estimate of drug-likeness (QED) is 0.309. The Labute approximate surface area is 218 Å². The number of hydrogen-bond donors (Lipinski definition) is 1. The number of rotatable bonds is 6. The summed E-state index contributed by atoms with van der Waals surface area (Å²) in [6.07, 6.45) is 4.49. The van der Waals surface area contributed by atoms with Crippen molar-refractivity contribution < 1.29 is 23.9 Å². The van der Waals surface area contributed by atoms with Gasteiger partial charge in [-0.25, -0.2) is 9.67 Å². The molecule has 4 heterocycles. The molecule has 1 fully saturated rings. The minimum Gasteiger partial charge on any atom is -0.494 e. The second-order valence-corrected chi connectivity index (χ2v) is 9.10. The van der Waals surface area contributed by atoms with Gasteiger partial charge in [0.15, 0.2) is 11.6 Å². The number of pyridine rings is 1. The molecule has 0 spiro atoms. The summed E-state index contributed by atoms with van der Waals surface area (Å²) in [5, 5.41) is 4.64. The first-order valence-corrected chi connectivity index (χ1v) is 12.1. The predicted molar refractivity (Wildman–Crippen MR) is 138 cm³/mol. The average molecular weight is 515 g/mol. The topological polar surface area (TPSA) is 130 Å². The zero-order valence-electron chi connectivity index (χ0n) is 21.2. The number of H-pyrrole nitrogens is 1. The summed E-state index contributed by atoms with van der Waals surface area (Å²) in [4.78, 5) is 62.0. The summed E-state index contributed by atoms with van der Waals surface area (Å²) in [6, 6.07) is 10.3. The predicted octanol–water partition coefficient (Wildman–Crippen LogP) is 2.52. The number of Topliss-reactive ketones (excluding diaryl/α,β-unsaturated/α-hetero) is 2. The van der Waals surface area contributed by atoms with Crippen molar-refractivity contribution >= 4 is 34.3 Å². The number of methoxy groups -OCH3 is 1. The molecule has 11 nitrogen and oxygen atoms in total. The highest BCUT2D eigenvalue weighted by Gasteiger charge is 2.34. The zero-order valence-corrected chi connectivity index (χ0v) is 21.2. The lowest BCUT2D eigenvalue weighted by molar-refractivity contribution is -0.128. The molecule has 194 valence electrons. The lowest BCUT2D eigenvalue weighted by atomic mass is 10.1. The van der Waals surface area contributed by atoms with Gasteiger partial charge in [-0.15, -0.1) is 0 Å². The van der Waals surface area contributed by atoms with Crippen LogP contribution in [0.4, 0.5) is 0 Å². The van der Waals surface area contributed by atoms with Crippen molar-refractivity contribution in [3.63, 3.8) is 0 Å². The van der Waals surface area contributed by atoms with E-state index in [-0.39, 0.29) is 42.1 Å². The molecule has 0 unspecified atom stereocenters. The van der Waals surface area contributed by atoms with E-state index < -0.39 is 11.7 Å². The van der Waals surface area contributed by atoms with Gasteiger partial charge in [0.25, 0.3) is 17.6 Å². The van der Waals surface area contributed by atoms with Crippen LogP contribution >= 0.6 is 0 Å². The number of amides is 2. The normalized spacial score (nSPS) is 15.5. The number of nitrogens with one attached hydrogen (secondary N) is 1. The van der Waals surface area contributed by atoms with E-state index in [0.717, 1.165) is 0 Å². The molecule has 1 N–H and O–H groups in total. The smallest absolute Gasteiger partial charge is 0.295 e. The van der Waals surface area contributed by atoms with Gasteiger partial charge in [-0.3, -0.25) is 19.2 Å². The second kappa shape index (κ2) is 9.92. The fourth-order valence-corrected chi connectivity index (χ4v) is 4.69. The van der Waals surface area contributed by atoms with E-state index in [9.17, 15) is 19.2 Å². The number of benzene rings is 1. The SMILES string of the molecule is COc1cnc(-n2ccc(C(C)=O)n2)c2[nH]cc(C(=O)C(=O)N3CCN(C(=O)c4ccccc4)[C@H](C)C3)c12. The average Bonchev–Trinajstić information content (AvgIpc) is 3.60. The highest BCUT2D eigenvalue weighted by molar-refractivity contribution is 6.45. The van der Waals surface area contributed by atoms with Gasteiger partial charge in [0.2, 0.25) is 0 Å². The van der Waals surface area contributed by atoms with E-state index in [4.69, 9.17) is 4.74 Å². The molecule has 4 aromatic rings. The van der Waals surface area contributed by atoms with Crippen molar-refractivity contribution in [2.75, 3.05) is 26.7 Å². The molecule has 0 radical (unpaired) electrons. The maximum absolute atomic E-state index is 13.4. The third kappa shape index (κ3) is 4.32. The Balaban J connectivity index is 1.40. The van der Waals surface area contributed by atoms with Crippen LogP contribution in [0.15, 0.2) is 55.0 Å². The maximum Gasteiger partial charge on any atom is 0.295 e. The number of ether oxygens (including phenoxy) is 1. The standard InChI is InChI=1S/C27H26N6O5/c1-16-15-31(11-12-32(16)26(36)18-7-5-4-6-8-18)27(37)24(35)19-13-28-23-22(19)21(38-3)14-29-25(23)33-10-9-20(30-33)17(2)34/h4-10,13-14,16,28H,11-12,15H2,1-3H3/t16-/m1/s1. The number of carbonyl (C=O) groups is 4.